The van der Waals surface area contributed by atoms with Crippen LogP contribution in [0.25, 0.3) is 0 Å². The van der Waals surface area contributed by atoms with Crippen molar-refractivity contribution >= 4 is 23.3 Å². The summed E-state index contributed by atoms with van der Waals surface area (Å²) >= 11 is 0. The van der Waals surface area contributed by atoms with E-state index in [1.54, 1.807) is 18.2 Å². The Morgan fingerprint density at radius 3 is 2.44 bits per heavy atom. The van der Waals surface area contributed by atoms with Gasteiger partial charge in [-0.2, -0.15) is 13.2 Å². The van der Waals surface area contributed by atoms with Gasteiger partial charge in [-0.3, -0.25) is 14.7 Å². The highest BCUT2D eigenvalue weighted by Crippen LogP contribution is 2.41. The SMILES string of the molecule is CNC(=O)c1cc(Oc2ccc(NC(=O)Nc3cccc(OCCN4CCCC4)c3C(F)(F)F)cc2)ccn1. The molecule has 0 bridgehead atoms. The van der Waals surface area contributed by atoms with Gasteiger partial charge in [0, 0.05) is 31.5 Å². The van der Waals surface area contributed by atoms with Gasteiger partial charge < -0.3 is 25.4 Å². The molecule has 1 saturated heterocycles. The molecule has 1 aliphatic heterocycles. The fourth-order valence-electron chi connectivity index (χ4n) is 4.09. The Bertz CT molecular complexity index is 1300. The van der Waals surface area contributed by atoms with Gasteiger partial charge in [-0.05, 0) is 68.4 Å². The van der Waals surface area contributed by atoms with Crippen LogP contribution < -0.4 is 25.4 Å². The van der Waals surface area contributed by atoms with Crippen molar-refractivity contribution in [3.63, 3.8) is 0 Å². The molecule has 1 fully saturated rings. The van der Waals surface area contributed by atoms with Gasteiger partial charge >= 0.3 is 12.2 Å². The van der Waals surface area contributed by atoms with E-state index in [0.29, 0.717) is 23.7 Å². The maximum Gasteiger partial charge on any atom is 0.421 e. The van der Waals surface area contributed by atoms with E-state index < -0.39 is 23.5 Å². The summed E-state index contributed by atoms with van der Waals surface area (Å²) in [5, 5.41) is 7.26. The molecule has 3 N–H and O–H groups in total. The van der Waals surface area contributed by atoms with Crippen molar-refractivity contribution in [1.82, 2.24) is 15.2 Å². The number of carbonyl (C=O) groups excluding carboxylic acids is 2. The highest BCUT2D eigenvalue weighted by atomic mass is 19.4. The van der Waals surface area contributed by atoms with Crippen LogP contribution in [0.3, 0.4) is 0 Å². The predicted molar refractivity (Wildman–Crippen MR) is 139 cm³/mol. The Balaban J connectivity index is 1.38. The molecule has 12 heteroatoms. The number of nitrogens with zero attached hydrogens (tertiary/aromatic N) is 2. The van der Waals surface area contributed by atoms with Gasteiger partial charge in [0.2, 0.25) is 0 Å². The van der Waals surface area contributed by atoms with Crippen molar-refractivity contribution in [3.8, 4) is 17.2 Å². The monoisotopic (exact) mass is 543 g/mol. The number of amides is 3. The quantitative estimate of drug-likeness (QED) is 0.335. The standard InChI is InChI=1S/C27H28F3N5O4/c1-31-25(36)22-17-20(11-12-32-22)39-19-9-7-18(8-10-19)33-26(37)34-21-5-4-6-23(24(21)27(28,29)30)38-16-15-35-13-2-3-14-35/h4-12,17H,2-3,13-16H2,1H3,(H,31,36)(H2,33,34,37). The lowest BCUT2D eigenvalue weighted by atomic mass is 10.1. The van der Waals surface area contributed by atoms with E-state index in [-0.39, 0.29) is 24.0 Å². The van der Waals surface area contributed by atoms with E-state index in [2.05, 4.69) is 25.8 Å². The van der Waals surface area contributed by atoms with Crippen molar-refractivity contribution in [2.24, 2.45) is 0 Å². The summed E-state index contributed by atoms with van der Waals surface area (Å²) in [5.41, 5.74) is -0.946. The summed E-state index contributed by atoms with van der Waals surface area (Å²) in [4.78, 5) is 30.4. The number of anilines is 2. The average Bonchev–Trinajstić information content (AvgIpc) is 3.42. The number of carbonyl (C=O) groups is 2. The highest BCUT2D eigenvalue weighted by Gasteiger charge is 2.38. The Morgan fingerprint density at radius 2 is 1.74 bits per heavy atom. The first-order chi connectivity index (χ1) is 18.7. The summed E-state index contributed by atoms with van der Waals surface area (Å²) in [6.45, 7) is 2.46. The number of pyridine rings is 1. The van der Waals surface area contributed by atoms with E-state index in [9.17, 15) is 22.8 Å². The molecule has 39 heavy (non-hydrogen) atoms. The molecule has 1 aromatic heterocycles. The minimum absolute atomic E-state index is 0.111. The summed E-state index contributed by atoms with van der Waals surface area (Å²) in [6.07, 6.45) is -1.16. The number of rotatable bonds is 9. The number of alkyl halides is 3. The third-order valence-electron chi connectivity index (χ3n) is 5.96. The molecular formula is C27H28F3N5O4. The van der Waals surface area contributed by atoms with Crippen molar-refractivity contribution in [2.45, 2.75) is 19.0 Å². The molecule has 0 saturated carbocycles. The molecular weight excluding hydrogens is 515 g/mol. The van der Waals surface area contributed by atoms with Crippen LogP contribution in [0.1, 0.15) is 28.9 Å². The topological polar surface area (TPSA) is 105 Å². The number of hydrogen-bond donors (Lipinski definition) is 3. The zero-order valence-electron chi connectivity index (χ0n) is 21.2. The normalized spacial score (nSPS) is 13.5. The van der Waals surface area contributed by atoms with Gasteiger partial charge in [0.25, 0.3) is 5.91 Å². The summed E-state index contributed by atoms with van der Waals surface area (Å²) in [7, 11) is 1.49. The number of ether oxygens (including phenoxy) is 2. The molecule has 2 aromatic carbocycles. The third-order valence-corrected chi connectivity index (χ3v) is 5.96. The predicted octanol–water partition coefficient (Wildman–Crippen LogP) is 5.37. The van der Waals surface area contributed by atoms with Crippen molar-refractivity contribution in [2.75, 3.05) is 43.9 Å². The second-order valence-corrected chi connectivity index (χ2v) is 8.74. The van der Waals surface area contributed by atoms with Crippen molar-refractivity contribution in [3.05, 3.63) is 72.1 Å². The van der Waals surface area contributed by atoms with Crippen LogP contribution in [0.2, 0.25) is 0 Å². The van der Waals surface area contributed by atoms with Gasteiger partial charge in [-0.25, -0.2) is 4.79 Å². The first-order valence-corrected chi connectivity index (χ1v) is 12.3. The smallest absolute Gasteiger partial charge is 0.421 e. The minimum atomic E-state index is -4.74. The number of aromatic nitrogens is 1. The molecule has 206 valence electrons. The van der Waals surface area contributed by atoms with Crippen LogP contribution in [-0.4, -0.2) is 55.1 Å². The van der Waals surface area contributed by atoms with Crippen LogP contribution in [0.4, 0.5) is 29.3 Å². The zero-order chi connectivity index (χ0) is 27.8. The molecule has 0 aliphatic carbocycles. The molecule has 0 radical (unpaired) electrons. The highest BCUT2D eigenvalue weighted by molar-refractivity contribution is 6.00. The van der Waals surface area contributed by atoms with Crippen molar-refractivity contribution in [1.29, 1.82) is 0 Å². The van der Waals surface area contributed by atoms with Crippen LogP contribution in [0, 0.1) is 0 Å². The second kappa shape index (κ2) is 12.5. The van der Waals surface area contributed by atoms with E-state index >= 15 is 0 Å². The lowest BCUT2D eigenvalue weighted by molar-refractivity contribution is -0.138. The number of halogens is 3. The Morgan fingerprint density at radius 1 is 1.00 bits per heavy atom. The van der Waals surface area contributed by atoms with Crippen LogP contribution in [-0.2, 0) is 6.18 Å². The first kappa shape index (κ1) is 27.7. The number of likely N-dealkylation sites (tertiary alicyclic amines) is 1. The molecule has 0 spiro atoms. The number of nitrogens with one attached hydrogen (secondary N) is 3. The molecule has 3 aromatic rings. The summed E-state index contributed by atoms with van der Waals surface area (Å²) in [6, 6.07) is 12.2. The zero-order valence-corrected chi connectivity index (χ0v) is 21.2. The number of hydrogen-bond acceptors (Lipinski definition) is 6. The van der Waals surface area contributed by atoms with Crippen LogP contribution in [0.5, 0.6) is 17.2 Å². The van der Waals surface area contributed by atoms with Gasteiger partial charge in [0.15, 0.2) is 0 Å². The molecule has 1 aliphatic rings. The molecule has 4 rings (SSSR count). The van der Waals surface area contributed by atoms with E-state index in [0.717, 1.165) is 25.9 Å². The molecule has 9 nitrogen and oxygen atoms in total. The van der Waals surface area contributed by atoms with Gasteiger partial charge in [0.1, 0.15) is 35.1 Å². The molecule has 2 heterocycles. The number of benzene rings is 2. The van der Waals surface area contributed by atoms with Crippen molar-refractivity contribution < 1.29 is 32.2 Å². The largest absolute Gasteiger partial charge is 0.492 e. The fraction of sp³-hybridized carbons (Fsp3) is 0.296. The van der Waals surface area contributed by atoms with Gasteiger partial charge in [-0.15, -0.1) is 0 Å². The first-order valence-electron chi connectivity index (χ1n) is 12.3. The minimum Gasteiger partial charge on any atom is -0.492 e. The van der Waals surface area contributed by atoms with Crippen LogP contribution in [0.15, 0.2) is 60.8 Å². The maximum absolute atomic E-state index is 13.9. The third kappa shape index (κ3) is 7.60. The van der Waals surface area contributed by atoms with Gasteiger partial charge in [-0.1, -0.05) is 6.07 Å². The summed E-state index contributed by atoms with van der Waals surface area (Å²) in [5.74, 6) is 0.0907. The van der Waals surface area contributed by atoms with E-state index in [4.69, 9.17) is 9.47 Å². The molecule has 0 atom stereocenters. The Hall–Kier alpha value is -4.32. The lowest BCUT2D eigenvalue weighted by Crippen LogP contribution is -2.26. The Labute approximate surface area is 223 Å². The van der Waals surface area contributed by atoms with Gasteiger partial charge in [0.05, 0.1) is 5.69 Å². The van der Waals surface area contributed by atoms with E-state index in [1.807, 2.05) is 0 Å². The molecule has 3 amide bonds. The maximum atomic E-state index is 13.9. The summed E-state index contributed by atoms with van der Waals surface area (Å²) < 4.78 is 53.0. The lowest BCUT2D eigenvalue weighted by Gasteiger charge is -2.20. The number of urea groups is 1. The average molecular weight is 544 g/mol. The second-order valence-electron chi connectivity index (χ2n) is 8.74. The fourth-order valence-corrected chi connectivity index (χ4v) is 4.09. The van der Waals surface area contributed by atoms with Crippen LogP contribution >= 0.6 is 0 Å². The Kier molecular flexibility index (Phi) is 8.87. The van der Waals surface area contributed by atoms with E-state index in [1.165, 1.54) is 49.6 Å². The molecule has 0 unspecified atom stereocenters.